The van der Waals surface area contributed by atoms with Crippen LogP contribution in [0, 0.1) is 0 Å². The molecule has 2 atom stereocenters. The number of rotatable bonds is 6. The summed E-state index contributed by atoms with van der Waals surface area (Å²) >= 11 is 0. The monoisotopic (exact) mass is 289 g/mol. The topological polar surface area (TPSA) is 56.2 Å². The Hall–Kier alpha value is -1.65. The molecule has 1 aromatic heterocycles. The quantitative estimate of drug-likeness (QED) is 0.887. The fourth-order valence-electron chi connectivity index (χ4n) is 2.21. The first-order chi connectivity index (χ1) is 9.61. The zero-order chi connectivity index (χ0) is 14.6. The van der Waals surface area contributed by atoms with Crippen LogP contribution in [0.5, 0.6) is 0 Å². The third-order valence-electron chi connectivity index (χ3n) is 3.50. The normalized spacial score (nSPS) is 15.5. The number of hydrogen-bond acceptors (Lipinski definition) is 3. The highest BCUT2D eigenvalue weighted by atomic mass is 32.2. The van der Waals surface area contributed by atoms with Gasteiger partial charge in [-0.2, -0.15) is 0 Å². The fraction of sp³-hybridized carbons (Fsp3) is 0.250. The maximum absolute atomic E-state index is 12.8. The van der Waals surface area contributed by atoms with Crippen molar-refractivity contribution in [2.24, 2.45) is 5.73 Å². The van der Waals surface area contributed by atoms with E-state index in [9.17, 15) is 4.21 Å². The van der Waals surface area contributed by atoms with Crippen molar-refractivity contribution in [3.63, 3.8) is 0 Å². The Morgan fingerprint density at radius 2 is 2.05 bits per heavy atom. The van der Waals surface area contributed by atoms with Gasteiger partial charge in [-0.3, -0.25) is 4.21 Å². The van der Waals surface area contributed by atoms with Gasteiger partial charge in [0.2, 0.25) is 0 Å². The van der Waals surface area contributed by atoms with E-state index in [1.807, 2.05) is 31.2 Å². The molecule has 2 N–H and O–H groups in total. The lowest BCUT2D eigenvalue weighted by Crippen LogP contribution is -2.30. The molecule has 106 valence electrons. The van der Waals surface area contributed by atoms with E-state index in [2.05, 4.69) is 6.58 Å². The van der Waals surface area contributed by atoms with Gasteiger partial charge in [0.1, 0.15) is 6.26 Å². The van der Waals surface area contributed by atoms with Gasteiger partial charge < -0.3 is 10.2 Å². The van der Waals surface area contributed by atoms with E-state index >= 15 is 0 Å². The molecule has 0 fully saturated rings. The van der Waals surface area contributed by atoms with Crippen molar-refractivity contribution in [3.05, 3.63) is 60.6 Å². The van der Waals surface area contributed by atoms with Crippen LogP contribution in [0.2, 0.25) is 0 Å². The third-order valence-corrected chi connectivity index (χ3v) is 5.42. The van der Waals surface area contributed by atoms with Crippen LogP contribution in [-0.4, -0.2) is 10.8 Å². The summed E-state index contributed by atoms with van der Waals surface area (Å²) < 4.78 is 17.4. The van der Waals surface area contributed by atoms with Crippen LogP contribution in [0.25, 0.3) is 6.08 Å². The summed E-state index contributed by atoms with van der Waals surface area (Å²) in [5.74, 6) is 0. The molecule has 4 heteroatoms. The van der Waals surface area contributed by atoms with Crippen LogP contribution < -0.4 is 5.73 Å². The molecule has 0 saturated carbocycles. The minimum absolute atomic E-state index is 0.475. The zero-order valence-electron chi connectivity index (χ0n) is 11.5. The van der Waals surface area contributed by atoms with E-state index < -0.39 is 15.5 Å². The second-order valence-corrected chi connectivity index (χ2v) is 6.73. The second kappa shape index (κ2) is 6.20. The molecule has 0 amide bonds. The number of benzene rings is 1. The van der Waals surface area contributed by atoms with Gasteiger partial charge in [-0.15, -0.1) is 0 Å². The molecule has 1 heterocycles. The fourth-order valence-corrected chi connectivity index (χ4v) is 3.70. The van der Waals surface area contributed by atoms with Crippen LogP contribution >= 0.6 is 0 Å². The van der Waals surface area contributed by atoms with Crippen LogP contribution in [0.15, 0.2) is 58.7 Å². The predicted octanol–water partition coefficient (Wildman–Crippen LogP) is 3.29. The van der Waals surface area contributed by atoms with Crippen LogP contribution in [0.3, 0.4) is 0 Å². The van der Waals surface area contributed by atoms with Crippen molar-refractivity contribution in [2.75, 3.05) is 6.54 Å². The van der Waals surface area contributed by atoms with E-state index in [1.165, 1.54) is 12.5 Å². The minimum Gasteiger partial charge on any atom is -0.471 e. The first-order valence-electron chi connectivity index (χ1n) is 6.49. The van der Waals surface area contributed by atoms with E-state index in [0.29, 0.717) is 17.9 Å². The predicted molar refractivity (Wildman–Crippen MR) is 82.7 cm³/mol. The molecule has 0 bridgehead atoms. The molecule has 3 nitrogen and oxygen atoms in total. The van der Waals surface area contributed by atoms with Crippen molar-refractivity contribution in [2.45, 2.75) is 23.0 Å². The highest BCUT2D eigenvalue weighted by Crippen LogP contribution is 2.35. The SMILES string of the molecule is C=Cc1ccc(C(C)(CCN)S(=O)c2ccoc2)cc1. The summed E-state index contributed by atoms with van der Waals surface area (Å²) in [6, 6.07) is 9.67. The van der Waals surface area contributed by atoms with Crippen molar-refractivity contribution >= 4 is 16.9 Å². The molecule has 0 aliphatic carbocycles. The Morgan fingerprint density at radius 1 is 1.35 bits per heavy atom. The first kappa shape index (κ1) is 14.8. The lowest BCUT2D eigenvalue weighted by molar-refractivity contribution is 0.555. The van der Waals surface area contributed by atoms with Crippen molar-refractivity contribution in [1.29, 1.82) is 0 Å². The number of furan rings is 1. The standard InChI is InChI=1S/C16H19NO2S/c1-3-13-4-6-14(7-5-13)16(2,9-10-17)20(18)15-8-11-19-12-15/h3-8,11-12H,1,9-10,17H2,2H3. The van der Waals surface area contributed by atoms with Crippen molar-refractivity contribution in [3.8, 4) is 0 Å². The average molecular weight is 289 g/mol. The van der Waals surface area contributed by atoms with Gasteiger partial charge in [-0.05, 0) is 37.1 Å². The molecule has 0 spiro atoms. The molecule has 2 rings (SSSR count). The molecule has 2 unspecified atom stereocenters. The van der Waals surface area contributed by atoms with Crippen LogP contribution in [-0.2, 0) is 15.5 Å². The molecular weight excluding hydrogens is 270 g/mol. The minimum atomic E-state index is -1.21. The summed E-state index contributed by atoms with van der Waals surface area (Å²) in [6.07, 6.45) is 5.50. The first-order valence-corrected chi connectivity index (χ1v) is 7.64. The van der Waals surface area contributed by atoms with Crippen molar-refractivity contribution < 1.29 is 8.63 Å². The van der Waals surface area contributed by atoms with Gasteiger partial charge in [0.25, 0.3) is 0 Å². The Morgan fingerprint density at radius 3 is 2.55 bits per heavy atom. The maximum atomic E-state index is 12.8. The Kier molecular flexibility index (Phi) is 4.57. The molecule has 0 aliphatic rings. The Bertz CT molecular complexity index is 589. The highest BCUT2D eigenvalue weighted by molar-refractivity contribution is 7.86. The van der Waals surface area contributed by atoms with Crippen LogP contribution in [0.1, 0.15) is 24.5 Å². The van der Waals surface area contributed by atoms with Gasteiger partial charge in [0.05, 0.1) is 26.7 Å². The molecule has 0 saturated heterocycles. The van der Waals surface area contributed by atoms with Gasteiger partial charge in [-0.25, -0.2) is 0 Å². The Balaban J connectivity index is 2.42. The average Bonchev–Trinajstić information content (AvgIpc) is 3.01. The summed E-state index contributed by atoms with van der Waals surface area (Å²) in [5, 5.41) is 0. The lowest BCUT2D eigenvalue weighted by atomic mass is 9.95. The number of hydrogen-bond donors (Lipinski definition) is 1. The molecule has 20 heavy (non-hydrogen) atoms. The highest BCUT2D eigenvalue weighted by Gasteiger charge is 2.34. The molecule has 0 radical (unpaired) electrons. The molecule has 2 aromatic rings. The third kappa shape index (κ3) is 2.76. The van der Waals surface area contributed by atoms with Gasteiger partial charge in [0, 0.05) is 0 Å². The summed E-state index contributed by atoms with van der Waals surface area (Å²) in [5.41, 5.74) is 7.77. The van der Waals surface area contributed by atoms with E-state index in [-0.39, 0.29) is 0 Å². The second-order valence-electron chi connectivity index (χ2n) is 4.82. The maximum Gasteiger partial charge on any atom is 0.106 e. The van der Waals surface area contributed by atoms with E-state index in [1.54, 1.807) is 12.1 Å². The van der Waals surface area contributed by atoms with Crippen molar-refractivity contribution in [1.82, 2.24) is 0 Å². The van der Waals surface area contributed by atoms with Crippen LogP contribution in [0.4, 0.5) is 0 Å². The largest absolute Gasteiger partial charge is 0.471 e. The summed E-state index contributed by atoms with van der Waals surface area (Å²) in [7, 11) is -1.21. The molecule has 0 aliphatic heterocycles. The summed E-state index contributed by atoms with van der Waals surface area (Å²) in [6.45, 7) is 6.20. The Labute approximate surface area is 121 Å². The summed E-state index contributed by atoms with van der Waals surface area (Å²) in [4.78, 5) is 0.689. The number of nitrogens with two attached hydrogens (primary N) is 1. The van der Waals surface area contributed by atoms with Gasteiger partial charge >= 0.3 is 0 Å². The van der Waals surface area contributed by atoms with Gasteiger partial charge in [-0.1, -0.05) is 36.9 Å². The van der Waals surface area contributed by atoms with E-state index in [0.717, 1.165) is 11.1 Å². The lowest BCUT2D eigenvalue weighted by Gasteiger charge is -2.28. The van der Waals surface area contributed by atoms with E-state index in [4.69, 9.17) is 10.2 Å². The zero-order valence-corrected chi connectivity index (χ0v) is 12.4. The molecule has 1 aromatic carbocycles. The smallest absolute Gasteiger partial charge is 0.106 e. The van der Waals surface area contributed by atoms with Gasteiger partial charge in [0.15, 0.2) is 0 Å². The molecular formula is C16H19NO2S.